The minimum atomic E-state index is -0.401. The Balaban J connectivity index is 1.58. The van der Waals surface area contributed by atoms with Crippen LogP contribution in [0.1, 0.15) is 10.4 Å². The summed E-state index contributed by atoms with van der Waals surface area (Å²) in [4.78, 5) is 11.5. The van der Waals surface area contributed by atoms with Crippen molar-refractivity contribution in [3.05, 3.63) is 62.3 Å². The van der Waals surface area contributed by atoms with Crippen LogP contribution >= 0.6 is 23.1 Å². The number of nitro groups is 1. The maximum atomic E-state index is 10.6. The molecule has 3 aromatic rings. The third-order valence-electron chi connectivity index (χ3n) is 3.16. The molecule has 2 aromatic heterocycles. The highest BCUT2D eigenvalue weighted by atomic mass is 32.2. The lowest BCUT2D eigenvalue weighted by molar-refractivity contribution is -0.384. The second-order valence-corrected chi connectivity index (χ2v) is 6.70. The molecule has 0 radical (unpaired) electrons. The number of nitrogens with zero attached hydrogens (tertiary/aromatic N) is 5. The first-order valence-electron chi connectivity index (χ1n) is 6.87. The number of thiophene rings is 1. The third-order valence-corrected chi connectivity index (χ3v) is 5.13. The van der Waals surface area contributed by atoms with Gasteiger partial charge in [-0.2, -0.15) is 0 Å². The summed E-state index contributed by atoms with van der Waals surface area (Å²) in [6, 6.07) is 10.7. The van der Waals surface area contributed by atoms with E-state index in [9.17, 15) is 10.1 Å². The van der Waals surface area contributed by atoms with Gasteiger partial charge < -0.3 is 0 Å². The highest BCUT2D eigenvalue weighted by Gasteiger charge is 2.09. The highest BCUT2D eigenvalue weighted by molar-refractivity contribution is 7.98. The number of benzene rings is 1. The zero-order valence-electron chi connectivity index (χ0n) is 12.0. The van der Waals surface area contributed by atoms with Crippen molar-refractivity contribution in [3.63, 3.8) is 0 Å². The zero-order chi connectivity index (χ0) is 16.1. The van der Waals surface area contributed by atoms with Crippen LogP contribution in [0.2, 0.25) is 0 Å². The van der Waals surface area contributed by atoms with Crippen LogP contribution in [0, 0.1) is 10.1 Å². The Morgan fingerprint density at radius 1 is 1.26 bits per heavy atom. The summed E-state index contributed by atoms with van der Waals surface area (Å²) < 4.78 is 1.79. The molecular weight excluding hydrogens is 334 g/mol. The summed E-state index contributed by atoms with van der Waals surface area (Å²) in [5, 5.41) is 25.2. The summed E-state index contributed by atoms with van der Waals surface area (Å²) in [5.74, 6) is 0.664. The Morgan fingerprint density at radius 3 is 2.78 bits per heavy atom. The number of aromatic nitrogens is 4. The molecule has 0 spiro atoms. The highest BCUT2D eigenvalue weighted by Crippen LogP contribution is 2.22. The van der Waals surface area contributed by atoms with Crippen LogP contribution in [0.4, 0.5) is 5.69 Å². The topological polar surface area (TPSA) is 86.7 Å². The van der Waals surface area contributed by atoms with E-state index < -0.39 is 4.92 Å². The third kappa shape index (κ3) is 4.14. The van der Waals surface area contributed by atoms with Gasteiger partial charge in [0.15, 0.2) is 0 Å². The van der Waals surface area contributed by atoms with Gasteiger partial charge in [-0.05, 0) is 27.4 Å². The molecule has 2 heterocycles. The van der Waals surface area contributed by atoms with Crippen molar-refractivity contribution in [3.8, 4) is 0 Å². The number of rotatable bonds is 7. The predicted octanol–water partition coefficient (Wildman–Crippen LogP) is 3.18. The molecule has 0 aliphatic heterocycles. The van der Waals surface area contributed by atoms with Crippen LogP contribution in [0.25, 0.3) is 0 Å². The molecule has 0 fully saturated rings. The first kappa shape index (κ1) is 15.6. The first-order valence-corrected chi connectivity index (χ1v) is 8.73. The Labute approximate surface area is 140 Å². The second-order valence-electron chi connectivity index (χ2n) is 4.73. The van der Waals surface area contributed by atoms with E-state index in [1.807, 2.05) is 6.07 Å². The maximum absolute atomic E-state index is 10.6. The van der Waals surface area contributed by atoms with Gasteiger partial charge in [-0.1, -0.05) is 30.0 Å². The quantitative estimate of drug-likeness (QED) is 0.371. The molecule has 9 heteroatoms. The molecule has 118 valence electrons. The summed E-state index contributed by atoms with van der Waals surface area (Å²) in [7, 11) is 0. The van der Waals surface area contributed by atoms with Gasteiger partial charge >= 0.3 is 0 Å². The van der Waals surface area contributed by atoms with Crippen LogP contribution < -0.4 is 0 Å². The lowest BCUT2D eigenvalue weighted by Crippen LogP contribution is -2.04. The van der Waals surface area contributed by atoms with Gasteiger partial charge in [0.2, 0.25) is 5.16 Å². The Bertz CT molecular complexity index is 771. The molecule has 0 N–H and O–H groups in total. The predicted molar refractivity (Wildman–Crippen MR) is 88.5 cm³/mol. The van der Waals surface area contributed by atoms with E-state index in [-0.39, 0.29) is 5.69 Å². The van der Waals surface area contributed by atoms with Gasteiger partial charge in [0, 0.05) is 29.2 Å². The number of non-ortho nitro benzene ring substituents is 1. The van der Waals surface area contributed by atoms with Gasteiger partial charge in [-0.3, -0.25) is 10.1 Å². The molecule has 0 amide bonds. The average molecular weight is 347 g/mol. The van der Waals surface area contributed by atoms with Crippen molar-refractivity contribution in [2.75, 3.05) is 0 Å². The van der Waals surface area contributed by atoms with E-state index in [1.165, 1.54) is 28.8 Å². The van der Waals surface area contributed by atoms with Crippen molar-refractivity contribution in [2.24, 2.45) is 0 Å². The number of hydrogen-bond acceptors (Lipinski definition) is 7. The van der Waals surface area contributed by atoms with Crippen LogP contribution in [-0.2, 0) is 18.7 Å². The maximum Gasteiger partial charge on any atom is 0.269 e. The van der Waals surface area contributed by atoms with Gasteiger partial charge in [0.25, 0.3) is 5.69 Å². The summed E-state index contributed by atoms with van der Waals surface area (Å²) in [6.07, 6.45) is 0.897. The molecule has 0 bridgehead atoms. The van der Waals surface area contributed by atoms with Crippen molar-refractivity contribution in [1.82, 2.24) is 20.2 Å². The lowest BCUT2D eigenvalue weighted by Gasteiger charge is -2.03. The SMILES string of the molecule is O=[N+]([O-])c1ccc(CSc2nnnn2CCc2cccs2)cc1. The minimum Gasteiger partial charge on any atom is -0.258 e. The van der Waals surface area contributed by atoms with E-state index >= 15 is 0 Å². The molecule has 0 saturated carbocycles. The van der Waals surface area contributed by atoms with Gasteiger partial charge in [-0.25, -0.2) is 4.68 Å². The monoisotopic (exact) mass is 347 g/mol. The normalized spacial score (nSPS) is 10.8. The molecule has 0 atom stereocenters. The zero-order valence-corrected chi connectivity index (χ0v) is 13.7. The number of thioether (sulfide) groups is 1. The van der Waals surface area contributed by atoms with Crippen LogP contribution in [0.15, 0.2) is 46.9 Å². The summed E-state index contributed by atoms with van der Waals surface area (Å²) >= 11 is 3.24. The standard InChI is InChI=1S/C14H13N5O2S2/c20-19(21)12-5-3-11(4-6-12)10-23-14-15-16-17-18(14)8-7-13-2-1-9-22-13/h1-6,9H,7-8,10H2. The molecule has 0 aliphatic rings. The van der Waals surface area contributed by atoms with Crippen molar-refractivity contribution >= 4 is 28.8 Å². The Hall–Kier alpha value is -2.26. The van der Waals surface area contributed by atoms with Crippen molar-refractivity contribution in [1.29, 1.82) is 0 Å². The van der Waals surface area contributed by atoms with E-state index in [4.69, 9.17) is 0 Å². The van der Waals surface area contributed by atoms with Crippen LogP contribution in [0.3, 0.4) is 0 Å². The molecular formula is C14H13N5O2S2. The smallest absolute Gasteiger partial charge is 0.258 e. The molecule has 0 aliphatic carbocycles. The summed E-state index contributed by atoms with van der Waals surface area (Å²) in [5.41, 5.74) is 1.09. The molecule has 0 unspecified atom stereocenters. The van der Waals surface area contributed by atoms with Crippen molar-refractivity contribution < 1.29 is 4.92 Å². The van der Waals surface area contributed by atoms with Gasteiger partial charge in [0.1, 0.15) is 0 Å². The van der Waals surface area contributed by atoms with E-state index in [0.717, 1.165) is 23.7 Å². The minimum absolute atomic E-state index is 0.0968. The van der Waals surface area contributed by atoms with Crippen LogP contribution in [0.5, 0.6) is 0 Å². The lowest BCUT2D eigenvalue weighted by atomic mass is 10.2. The largest absolute Gasteiger partial charge is 0.269 e. The number of tetrazole rings is 1. The van der Waals surface area contributed by atoms with Gasteiger partial charge in [-0.15, -0.1) is 16.4 Å². The van der Waals surface area contributed by atoms with Gasteiger partial charge in [0.05, 0.1) is 11.5 Å². The number of aryl methyl sites for hydroxylation is 2. The average Bonchev–Trinajstić information content (AvgIpc) is 3.22. The van der Waals surface area contributed by atoms with E-state index in [0.29, 0.717) is 5.75 Å². The molecule has 1 aromatic carbocycles. The fourth-order valence-corrected chi connectivity index (χ4v) is 3.53. The molecule has 3 rings (SSSR count). The molecule has 0 saturated heterocycles. The fourth-order valence-electron chi connectivity index (χ4n) is 1.97. The van der Waals surface area contributed by atoms with E-state index in [1.54, 1.807) is 28.2 Å². The molecule has 23 heavy (non-hydrogen) atoms. The number of hydrogen-bond donors (Lipinski definition) is 0. The molecule has 7 nitrogen and oxygen atoms in total. The Kier molecular flexibility index (Phi) is 4.99. The number of nitro benzene ring substituents is 1. The first-order chi connectivity index (χ1) is 11.2. The Morgan fingerprint density at radius 2 is 2.09 bits per heavy atom. The summed E-state index contributed by atoms with van der Waals surface area (Å²) in [6.45, 7) is 0.732. The second kappa shape index (κ2) is 7.34. The van der Waals surface area contributed by atoms with Crippen molar-refractivity contribution in [2.45, 2.75) is 23.9 Å². The fraction of sp³-hybridized carbons (Fsp3) is 0.214. The van der Waals surface area contributed by atoms with E-state index in [2.05, 4.69) is 27.0 Å². The van der Waals surface area contributed by atoms with Crippen LogP contribution in [-0.4, -0.2) is 25.1 Å².